The van der Waals surface area contributed by atoms with Gasteiger partial charge < -0.3 is 0 Å². The Hall–Kier alpha value is -9.32. The Morgan fingerprint density at radius 3 is 1.14 bits per heavy atom. The van der Waals surface area contributed by atoms with Gasteiger partial charge in [-0.2, -0.15) is 0 Å². The summed E-state index contributed by atoms with van der Waals surface area (Å²) in [5.74, 6) is 2.78. The first-order chi connectivity index (χ1) is 34.7. The van der Waals surface area contributed by atoms with Crippen LogP contribution >= 0.6 is 0 Å². The van der Waals surface area contributed by atoms with Gasteiger partial charge in [-0.25, -0.2) is 19.9 Å². The van der Waals surface area contributed by atoms with E-state index in [1.54, 1.807) is 0 Å². The molecule has 0 unspecified atom stereocenters. The van der Waals surface area contributed by atoms with Crippen LogP contribution in [0.5, 0.6) is 0 Å². The molecule has 0 saturated heterocycles. The van der Waals surface area contributed by atoms with Gasteiger partial charge in [-0.3, -0.25) is 4.57 Å². The molecule has 2 aliphatic rings. The second kappa shape index (κ2) is 15.9. The summed E-state index contributed by atoms with van der Waals surface area (Å²) in [6, 6.07) is 89.0. The summed E-state index contributed by atoms with van der Waals surface area (Å²) >= 11 is 0. The van der Waals surface area contributed by atoms with E-state index in [4.69, 9.17) is 19.9 Å². The lowest BCUT2D eigenvalue weighted by Gasteiger charge is -2.32. The van der Waals surface area contributed by atoms with Crippen LogP contribution in [0.2, 0.25) is 0 Å². The lowest BCUT2D eigenvalue weighted by Crippen LogP contribution is -2.26. The van der Waals surface area contributed by atoms with E-state index in [0.717, 1.165) is 44.8 Å². The molecule has 2 aromatic heterocycles. The van der Waals surface area contributed by atoms with Crippen LogP contribution in [0, 0.1) is 0 Å². The fourth-order valence-electron chi connectivity index (χ4n) is 11.1. The second-order valence-corrected chi connectivity index (χ2v) is 18.2. The van der Waals surface area contributed by atoms with Gasteiger partial charge in [0.05, 0.1) is 16.4 Å². The molecule has 5 nitrogen and oxygen atoms in total. The molecule has 10 aromatic carbocycles. The van der Waals surface area contributed by atoms with Crippen molar-refractivity contribution in [1.82, 2.24) is 24.5 Å². The Balaban J connectivity index is 1.08. The van der Waals surface area contributed by atoms with Crippen molar-refractivity contribution in [3.8, 4) is 95.7 Å². The van der Waals surface area contributed by atoms with E-state index in [1.165, 1.54) is 66.8 Å². The number of hydrogen-bond donors (Lipinski definition) is 0. The van der Waals surface area contributed by atoms with Crippen molar-refractivity contribution in [1.29, 1.82) is 0 Å². The molecule has 14 rings (SSSR count). The number of nitrogens with zero attached hydrogens (tertiary/aromatic N) is 5. The monoisotopic (exact) mass is 891 g/mol. The van der Waals surface area contributed by atoms with E-state index in [0.29, 0.717) is 17.5 Å². The van der Waals surface area contributed by atoms with Crippen molar-refractivity contribution in [3.05, 3.63) is 271 Å². The van der Waals surface area contributed by atoms with E-state index in [9.17, 15) is 0 Å². The minimum absolute atomic E-state index is 0.620. The normalized spacial score (nSPS) is 12.7. The molecule has 326 valence electrons. The van der Waals surface area contributed by atoms with Gasteiger partial charge in [-0.15, -0.1) is 0 Å². The van der Waals surface area contributed by atoms with Crippen molar-refractivity contribution in [2.45, 2.75) is 5.41 Å². The first-order valence-corrected chi connectivity index (χ1v) is 23.8. The summed E-state index contributed by atoms with van der Waals surface area (Å²) in [5.41, 5.74) is 20.5. The molecule has 0 saturated carbocycles. The smallest absolute Gasteiger partial charge is 0.164 e. The fourth-order valence-corrected chi connectivity index (χ4v) is 11.1. The van der Waals surface area contributed by atoms with Crippen LogP contribution in [0.15, 0.2) is 249 Å². The van der Waals surface area contributed by atoms with Crippen molar-refractivity contribution >= 4 is 11.0 Å². The molecule has 0 fully saturated rings. The maximum atomic E-state index is 5.29. The van der Waals surface area contributed by atoms with Gasteiger partial charge in [0, 0.05) is 27.9 Å². The average Bonchev–Trinajstić information content (AvgIpc) is 4.08. The summed E-state index contributed by atoms with van der Waals surface area (Å²) in [7, 11) is 0. The summed E-state index contributed by atoms with van der Waals surface area (Å²) in [6.07, 6.45) is 0. The van der Waals surface area contributed by atoms with E-state index in [2.05, 4.69) is 217 Å². The first kappa shape index (κ1) is 39.8. The molecule has 0 atom stereocenters. The zero-order valence-corrected chi connectivity index (χ0v) is 37.9. The zero-order chi connectivity index (χ0) is 46.2. The standard InChI is InChI=1S/C65H41N5/c1-6-18-42(19-7-1)47-30-34-51-52-35-31-48(43-20-8-2-9-21-43)39-56(52)65(55(51)38-47)57-40-49(63-68-61(44-22-10-3-11-23-44)67-62(69-63)45-24-12-4-13-25-45)32-36-53(57)54-37-33-50(41-58(54)65)70-60-29-17-16-28-59(60)66-64(70)46-26-14-5-15-27-46/h1-41H. The largest absolute Gasteiger partial charge is 0.292 e. The number of benzene rings is 10. The van der Waals surface area contributed by atoms with Crippen LogP contribution in [-0.4, -0.2) is 24.5 Å². The third-order valence-corrected chi connectivity index (χ3v) is 14.3. The highest BCUT2D eigenvalue weighted by Crippen LogP contribution is 2.64. The Kier molecular flexibility index (Phi) is 9.04. The topological polar surface area (TPSA) is 56.5 Å². The van der Waals surface area contributed by atoms with E-state index >= 15 is 0 Å². The number of hydrogen-bond acceptors (Lipinski definition) is 4. The SMILES string of the molecule is c1ccc(-c2ccc3c(c2)C2(c4cc(-c5ccccc5)ccc4-3)c3cc(-c4nc(-c5ccccc5)nc(-c5ccccc5)n4)ccc3-c3ccc(-n4c(-c5ccccc5)nc5ccccc54)cc32)cc1. The zero-order valence-electron chi connectivity index (χ0n) is 37.9. The third kappa shape index (κ3) is 6.18. The number of fused-ring (bicyclic) bond motifs is 11. The molecule has 0 bridgehead atoms. The van der Waals surface area contributed by atoms with E-state index in [1.807, 2.05) is 36.4 Å². The lowest BCUT2D eigenvalue weighted by molar-refractivity contribution is 0.793. The molecule has 0 aliphatic heterocycles. The predicted molar refractivity (Wildman–Crippen MR) is 283 cm³/mol. The van der Waals surface area contributed by atoms with Gasteiger partial charge in [-0.05, 0) is 109 Å². The van der Waals surface area contributed by atoms with Crippen LogP contribution in [-0.2, 0) is 5.41 Å². The van der Waals surface area contributed by atoms with Crippen LogP contribution in [0.25, 0.3) is 107 Å². The number of imidazole rings is 1. The van der Waals surface area contributed by atoms with Crippen molar-refractivity contribution in [3.63, 3.8) is 0 Å². The van der Waals surface area contributed by atoms with Gasteiger partial charge in [0.15, 0.2) is 17.5 Å². The minimum atomic E-state index is -0.752. The van der Waals surface area contributed by atoms with Crippen molar-refractivity contribution in [2.75, 3.05) is 0 Å². The quantitative estimate of drug-likeness (QED) is 0.160. The van der Waals surface area contributed by atoms with Gasteiger partial charge >= 0.3 is 0 Å². The molecule has 0 amide bonds. The van der Waals surface area contributed by atoms with Gasteiger partial charge in [-0.1, -0.05) is 206 Å². The molecular weight excluding hydrogens is 851 g/mol. The maximum Gasteiger partial charge on any atom is 0.164 e. The van der Waals surface area contributed by atoms with E-state index < -0.39 is 5.41 Å². The first-order valence-electron chi connectivity index (χ1n) is 23.8. The maximum absolute atomic E-state index is 5.29. The van der Waals surface area contributed by atoms with Gasteiger partial charge in [0.25, 0.3) is 0 Å². The molecular formula is C65H41N5. The fraction of sp³-hybridized carbons (Fsp3) is 0.0154. The number of aromatic nitrogens is 5. The Morgan fingerprint density at radius 1 is 0.271 bits per heavy atom. The summed E-state index contributed by atoms with van der Waals surface area (Å²) in [4.78, 5) is 20.9. The molecule has 70 heavy (non-hydrogen) atoms. The van der Waals surface area contributed by atoms with Crippen molar-refractivity contribution < 1.29 is 0 Å². The van der Waals surface area contributed by atoms with Gasteiger partial charge in [0.1, 0.15) is 5.82 Å². The van der Waals surface area contributed by atoms with Gasteiger partial charge in [0.2, 0.25) is 0 Å². The minimum Gasteiger partial charge on any atom is -0.292 e. The molecule has 12 aromatic rings. The Bertz CT molecular complexity index is 3830. The van der Waals surface area contributed by atoms with Crippen molar-refractivity contribution in [2.24, 2.45) is 0 Å². The highest BCUT2D eigenvalue weighted by atomic mass is 15.1. The molecule has 0 N–H and O–H groups in total. The predicted octanol–water partition coefficient (Wildman–Crippen LogP) is 15.6. The lowest BCUT2D eigenvalue weighted by atomic mass is 9.69. The molecule has 0 radical (unpaired) electrons. The Morgan fingerprint density at radius 2 is 0.643 bits per heavy atom. The highest BCUT2D eigenvalue weighted by Gasteiger charge is 2.52. The van der Waals surface area contributed by atoms with Crippen LogP contribution in [0.3, 0.4) is 0 Å². The van der Waals surface area contributed by atoms with Crippen LogP contribution in [0.1, 0.15) is 22.3 Å². The summed E-state index contributed by atoms with van der Waals surface area (Å²) < 4.78 is 2.34. The number of para-hydroxylation sites is 2. The molecule has 2 aliphatic carbocycles. The van der Waals surface area contributed by atoms with E-state index in [-0.39, 0.29) is 0 Å². The molecule has 1 spiro atoms. The average molecular weight is 892 g/mol. The summed E-state index contributed by atoms with van der Waals surface area (Å²) in [6.45, 7) is 0. The Labute approximate surface area is 405 Å². The third-order valence-electron chi connectivity index (χ3n) is 14.3. The molecule has 5 heteroatoms. The highest BCUT2D eigenvalue weighted by molar-refractivity contribution is 5.98. The molecule has 2 heterocycles. The number of rotatable bonds is 7. The van der Waals surface area contributed by atoms with Crippen LogP contribution in [0.4, 0.5) is 0 Å². The summed E-state index contributed by atoms with van der Waals surface area (Å²) in [5, 5.41) is 0. The second-order valence-electron chi connectivity index (χ2n) is 18.2. The van der Waals surface area contributed by atoms with Crippen LogP contribution < -0.4 is 0 Å².